The third-order valence-electron chi connectivity index (χ3n) is 2.99. The SMILES string of the molecule is Cc1cc(Nc2cc(C)c(Br)c(C)c2)c(C(=O)O)cn1. The van der Waals surface area contributed by atoms with Crippen molar-refractivity contribution in [3.05, 3.63) is 51.3 Å². The van der Waals surface area contributed by atoms with Crippen LogP contribution in [0.25, 0.3) is 0 Å². The third kappa shape index (κ3) is 2.99. The van der Waals surface area contributed by atoms with E-state index < -0.39 is 5.97 Å². The van der Waals surface area contributed by atoms with Crippen LogP contribution in [0.3, 0.4) is 0 Å². The van der Waals surface area contributed by atoms with E-state index >= 15 is 0 Å². The number of anilines is 2. The molecule has 2 aromatic rings. The first-order chi connectivity index (χ1) is 9.38. The van der Waals surface area contributed by atoms with Crippen molar-refractivity contribution in [2.24, 2.45) is 0 Å². The lowest BCUT2D eigenvalue weighted by molar-refractivity contribution is 0.0697. The van der Waals surface area contributed by atoms with Crippen molar-refractivity contribution in [1.29, 1.82) is 0 Å². The highest BCUT2D eigenvalue weighted by atomic mass is 79.9. The van der Waals surface area contributed by atoms with Gasteiger partial charge in [0.2, 0.25) is 0 Å². The minimum atomic E-state index is -0.995. The Morgan fingerprint density at radius 1 is 1.20 bits per heavy atom. The quantitative estimate of drug-likeness (QED) is 0.882. The van der Waals surface area contributed by atoms with E-state index in [1.807, 2.05) is 32.9 Å². The number of nitrogens with one attached hydrogen (secondary N) is 1. The Morgan fingerprint density at radius 2 is 1.80 bits per heavy atom. The molecule has 0 saturated heterocycles. The van der Waals surface area contributed by atoms with Gasteiger partial charge in [0.1, 0.15) is 5.56 Å². The van der Waals surface area contributed by atoms with Crippen molar-refractivity contribution in [1.82, 2.24) is 4.98 Å². The average Bonchev–Trinajstić information content (AvgIpc) is 2.35. The lowest BCUT2D eigenvalue weighted by Crippen LogP contribution is -2.04. The number of benzene rings is 1. The maximum atomic E-state index is 11.2. The van der Waals surface area contributed by atoms with Gasteiger partial charge < -0.3 is 10.4 Å². The summed E-state index contributed by atoms with van der Waals surface area (Å²) in [6.07, 6.45) is 1.37. The number of hydrogen-bond donors (Lipinski definition) is 2. The van der Waals surface area contributed by atoms with Crippen LogP contribution >= 0.6 is 15.9 Å². The van der Waals surface area contributed by atoms with Crippen LogP contribution in [-0.2, 0) is 0 Å². The molecule has 1 aromatic heterocycles. The number of carboxylic acid groups (broad SMARTS) is 1. The number of aromatic carboxylic acids is 1. The summed E-state index contributed by atoms with van der Waals surface area (Å²) in [5.41, 5.74) is 4.52. The van der Waals surface area contributed by atoms with Gasteiger partial charge in [0.05, 0.1) is 5.69 Å². The van der Waals surface area contributed by atoms with E-state index in [0.29, 0.717) is 5.69 Å². The predicted molar refractivity (Wildman–Crippen MR) is 82.8 cm³/mol. The molecule has 1 heterocycles. The van der Waals surface area contributed by atoms with Crippen molar-refractivity contribution >= 4 is 33.3 Å². The van der Waals surface area contributed by atoms with Gasteiger partial charge in [-0.3, -0.25) is 4.98 Å². The highest BCUT2D eigenvalue weighted by molar-refractivity contribution is 9.10. The Balaban J connectivity index is 2.44. The highest BCUT2D eigenvalue weighted by Gasteiger charge is 2.12. The van der Waals surface area contributed by atoms with Crippen LogP contribution in [0.2, 0.25) is 0 Å². The molecule has 2 N–H and O–H groups in total. The van der Waals surface area contributed by atoms with E-state index in [9.17, 15) is 9.90 Å². The normalized spacial score (nSPS) is 10.4. The number of hydrogen-bond acceptors (Lipinski definition) is 3. The fourth-order valence-corrected chi connectivity index (χ4v) is 2.24. The summed E-state index contributed by atoms with van der Waals surface area (Å²) in [4.78, 5) is 15.2. The second-order valence-electron chi connectivity index (χ2n) is 4.73. The molecule has 0 bridgehead atoms. The van der Waals surface area contributed by atoms with Crippen LogP contribution in [0.15, 0.2) is 28.9 Å². The van der Waals surface area contributed by atoms with Crippen molar-refractivity contribution in [2.45, 2.75) is 20.8 Å². The minimum absolute atomic E-state index is 0.161. The van der Waals surface area contributed by atoms with Gasteiger partial charge in [-0.25, -0.2) is 4.79 Å². The second-order valence-corrected chi connectivity index (χ2v) is 5.52. The average molecular weight is 335 g/mol. The molecule has 0 fully saturated rings. The Kier molecular flexibility index (Phi) is 4.09. The lowest BCUT2D eigenvalue weighted by atomic mass is 10.1. The summed E-state index contributed by atoms with van der Waals surface area (Å²) < 4.78 is 1.06. The zero-order valence-electron chi connectivity index (χ0n) is 11.5. The number of carbonyl (C=O) groups is 1. The van der Waals surface area contributed by atoms with Crippen molar-refractivity contribution in [2.75, 3.05) is 5.32 Å². The van der Waals surface area contributed by atoms with Gasteiger partial charge in [-0.15, -0.1) is 0 Å². The summed E-state index contributed by atoms with van der Waals surface area (Å²) in [7, 11) is 0. The molecule has 0 spiro atoms. The zero-order valence-corrected chi connectivity index (χ0v) is 13.1. The number of halogens is 1. The molecule has 5 heteroatoms. The number of aromatic nitrogens is 1. The molecule has 4 nitrogen and oxygen atoms in total. The van der Waals surface area contributed by atoms with Gasteiger partial charge in [0.25, 0.3) is 0 Å². The van der Waals surface area contributed by atoms with Gasteiger partial charge in [0, 0.05) is 22.1 Å². The zero-order chi connectivity index (χ0) is 14.9. The van der Waals surface area contributed by atoms with Gasteiger partial charge in [-0.1, -0.05) is 15.9 Å². The van der Waals surface area contributed by atoms with Gasteiger partial charge in [-0.2, -0.15) is 0 Å². The largest absolute Gasteiger partial charge is 0.478 e. The number of aryl methyl sites for hydroxylation is 3. The lowest BCUT2D eigenvalue weighted by Gasteiger charge is -2.13. The Hall–Kier alpha value is -1.88. The molecule has 20 heavy (non-hydrogen) atoms. The monoisotopic (exact) mass is 334 g/mol. The van der Waals surface area contributed by atoms with Crippen LogP contribution in [0.4, 0.5) is 11.4 Å². The number of nitrogens with zero attached hydrogens (tertiary/aromatic N) is 1. The molecule has 0 atom stereocenters. The predicted octanol–water partition coefficient (Wildman–Crippen LogP) is 4.21. The molecule has 0 aliphatic rings. The van der Waals surface area contributed by atoms with E-state index in [4.69, 9.17) is 0 Å². The molecular weight excluding hydrogens is 320 g/mol. The molecule has 0 aliphatic heterocycles. The molecule has 0 amide bonds. The van der Waals surface area contributed by atoms with Crippen LogP contribution in [0, 0.1) is 20.8 Å². The molecule has 0 radical (unpaired) electrons. The van der Waals surface area contributed by atoms with Gasteiger partial charge in [0.15, 0.2) is 0 Å². The first-order valence-electron chi connectivity index (χ1n) is 6.12. The summed E-state index contributed by atoms with van der Waals surface area (Å²) >= 11 is 3.52. The van der Waals surface area contributed by atoms with Crippen LogP contribution < -0.4 is 5.32 Å². The van der Waals surface area contributed by atoms with Crippen molar-refractivity contribution < 1.29 is 9.90 Å². The molecule has 0 unspecified atom stereocenters. The maximum absolute atomic E-state index is 11.2. The second kappa shape index (κ2) is 5.63. The standard InChI is InChI=1S/C15H15BrN2O2/c1-8-4-11(5-9(2)14(8)16)18-13-6-10(3)17-7-12(13)15(19)20/h4-7H,1-3H3,(H,17,18)(H,19,20). The van der Waals surface area contributed by atoms with E-state index in [-0.39, 0.29) is 5.56 Å². The van der Waals surface area contributed by atoms with E-state index in [2.05, 4.69) is 26.2 Å². The first kappa shape index (κ1) is 14.5. The van der Waals surface area contributed by atoms with Gasteiger partial charge >= 0.3 is 5.97 Å². The summed E-state index contributed by atoms with van der Waals surface area (Å²) in [6, 6.07) is 5.67. The summed E-state index contributed by atoms with van der Waals surface area (Å²) in [6.45, 7) is 5.82. The van der Waals surface area contributed by atoms with E-state index in [1.165, 1.54) is 6.20 Å². The Labute approximate surface area is 126 Å². The number of rotatable bonds is 3. The van der Waals surface area contributed by atoms with E-state index in [1.54, 1.807) is 6.07 Å². The van der Waals surface area contributed by atoms with Crippen molar-refractivity contribution in [3.63, 3.8) is 0 Å². The molecule has 1 aromatic carbocycles. The fraction of sp³-hybridized carbons (Fsp3) is 0.200. The minimum Gasteiger partial charge on any atom is -0.478 e. The topological polar surface area (TPSA) is 62.2 Å². The smallest absolute Gasteiger partial charge is 0.339 e. The summed E-state index contributed by atoms with van der Waals surface area (Å²) in [5.74, 6) is -0.995. The van der Waals surface area contributed by atoms with Gasteiger partial charge in [-0.05, 0) is 50.1 Å². The van der Waals surface area contributed by atoms with Crippen LogP contribution in [-0.4, -0.2) is 16.1 Å². The molecular formula is C15H15BrN2O2. The number of carboxylic acids is 1. The Bertz CT molecular complexity index is 661. The fourth-order valence-electron chi connectivity index (χ4n) is 2.01. The third-order valence-corrected chi connectivity index (χ3v) is 4.24. The van der Waals surface area contributed by atoms with Crippen molar-refractivity contribution in [3.8, 4) is 0 Å². The van der Waals surface area contributed by atoms with Crippen LogP contribution in [0.1, 0.15) is 27.2 Å². The summed E-state index contributed by atoms with van der Waals surface area (Å²) in [5, 5.41) is 12.4. The molecule has 0 aliphatic carbocycles. The first-order valence-corrected chi connectivity index (χ1v) is 6.91. The molecule has 2 rings (SSSR count). The van der Waals surface area contributed by atoms with E-state index in [0.717, 1.165) is 27.0 Å². The number of pyridine rings is 1. The molecule has 104 valence electrons. The maximum Gasteiger partial charge on any atom is 0.339 e. The highest BCUT2D eigenvalue weighted by Crippen LogP contribution is 2.28. The molecule has 0 saturated carbocycles. The van der Waals surface area contributed by atoms with Crippen LogP contribution in [0.5, 0.6) is 0 Å². The Morgan fingerprint density at radius 3 is 2.35 bits per heavy atom.